The number of nitrogens with one attached hydrogen (secondary N) is 1. The van der Waals surface area contributed by atoms with E-state index in [0.29, 0.717) is 24.9 Å². The van der Waals surface area contributed by atoms with Crippen molar-refractivity contribution in [2.45, 2.75) is 58.8 Å². The number of anilines is 1. The van der Waals surface area contributed by atoms with Crippen molar-refractivity contribution in [2.75, 3.05) is 19.0 Å². The second kappa shape index (κ2) is 12.1. The summed E-state index contributed by atoms with van der Waals surface area (Å²) in [6.45, 7) is 4.70. The normalized spacial score (nSPS) is 14.9. The molecule has 0 spiro atoms. The lowest BCUT2D eigenvalue weighted by molar-refractivity contribution is 0.0894. The lowest BCUT2D eigenvalue weighted by Crippen LogP contribution is -2.22. The summed E-state index contributed by atoms with van der Waals surface area (Å²) in [7, 11) is 1.81. The van der Waals surface area contributed by atoms with E-state index in [-0.39, 0.29) is 11.7 Å². The van der Waals surface area contributed by atoms with Gasteiger partial charge in [-0.25, -0.2) is 9.97 Å². The zero-order valence-corrected chi connectivity index (χ0v) is 23.4. The average Bonchev–Trinajstić information content (AvgIpc) is 3.30. The Bertz CT molecular complexity index is 1390. The summed E-state index contributed by atoms with van der Waals surface area (Å²) in [5, 5.41) is 4.16. The first-order valence-electron chi connectivity index (χ1n) is 13.9. The smallest absolute Gasteiger partial charge is 0.222 e. The van der Waals surface area contributed by atoms with Gasteiger partial charge in [0.15, 0.2) is 5.78 Å². The van der Waals surface area contributed by atoms with Gasteiger partial charge >= 0.3 is 0 Å². The molecule has 1 atom stereocenters. The molecule has 2 heterocycles. The first kappa shape index (κ1) is 26.4. The fraction of sp³-hybridized carbons (Fsp3) is 0.406. The van der Waals surface area contributed by atoms with Crippen molar-refractivity contribution >= 4 is 33.2 Å². The number of fused-ring (bicyclic) bond motifs is 1. The number of benzene rings is 2. The van der Waals surface area contributed by atoms with Gasteiger partial charge in [0.1, 0.15) is 5.75 Å². The molecule has 0 aliphatic heterocycles. The topological polar surface area (TPSA) is 64.1 Å². The highest BCUT2D eigenvalue weighted by Gasteiger charge is 2.29. The molecule has 198 valence electrons. The van der Waals surface area contributed by atoms with Crippen LogP contribution in [0, 0.1) is 18.8 Å². The van der Waals surface area contributed by atoms with Crippen LogP contribution < -0.4 is 10.1 Å². The summed E-state index contributed by atoms with van der Waals surface area (Å²) >= 11 is 1.65. The lowest BCUT2D eigenvalue weighted by Gasteiger charge is -2.26. The minimum atomic E-state index is -0.0813. The molecule has 5 rings (SSSR count). The van der Waals surface area contributed by atoms with Crippen LogP contribution in [0.5, 0.6) is 5.75 Å². The van der Waals surface area contributed by atoms with Crippen LogP contribution in [0.1, 0.15) is 66.2 Å². The first-order chi connectivity index (χ1) is 18.6. The highest BCUT2D eigenvalue weighted by molar-refractivity contribution is 7.21. The van der Waals surface area contributed by atoms with Gasteiger partial charge in [0.05, 0.1) is 11.5 Å². The predicted molar refractivity (Wildman–Crippen MR) is 157 cm³/mol. The Balaban J connectivity index is 1.50. The van der Waals surface area contributed by atoms with Crippen LogP contribution in [0.15, 0.2) is 54.9 Å². The molecule has 4 aromatic rings. The van der Waals surface area contributed by atoms with Crippen LogP contribution in [0.2, 0.25) is 0 Å². The Labute approximate surface area is 229 Å². The van der Waals surface area contributed by atoms with Crippen molar-refractivity contribution in [3.63, 3.8) is 0 Å². The predicted octanol–water partition coefficient (Wildman–Crippen LogP) is 8.12. The van der Waals surface area contributed by atoms with Crippen molar-refractivity contribution in [3.05, 3.63) is 70.9 Å². The van der Waals surface area contributed by atoms with Crippen LogP contribution >= 0.6 is 11.3 Å². The summed E-state index contributed by atoms with van der Waals surface area (Å²) in [4.78, 5) is 23.9. The van der Waals surface area contributed by atoms with Crippen LogP contribution in [0.25, 0.3) is 21.2 Å². The van der Waals surface area contributed by atoms with Crippen molar-refractivity contribution in [2.24, 2.45) is 11.8 Å². The van der Waals surface area contributed by atoms with Crippen molar-refractivity contribution in [1.82, 2.24) is 9.97 Å². The van der Waals surface area contributed by atoms with Gasteiger partial charge in [0, 0.05) is 35.6 Å². The Morgan fingerprint density at radius 3 is 2.55 bits per heavy atom. The molecule has 5 nitrogen and oxygen atoms in total. The Morgan fingerprint density at radius 1 is 1.08 bits per heavy atom. The van der Waals surface area contributed by atoms with E-state index in [1.807, 2.05) is 32.4 Å². The molecule has 0 amide bonds. The molecule has 1 aliphatic carbocycles. The third kappa shape index (κ3) is 5.75. The average molecular weight is 528 g/mol. The number of thiophene rings is 1. The van der Waals surface area contributed by atoms with Gasteiger partial charge in [-0.15, -0.1) is 11.3 Å². The Morgan fingerprint density at radius 2 is 1.84 bits per heavy atom. The van der Waals surface area contributed by atoms with Gasteiger partial charge < -0.3 is 10.1 Å². The molecule has 0 unspecified atom stereocenters. The monoisotopic (exact) mass is 527 g/mol. The number of aromatic nitrogens is 2. The quantitative estimate of drug-likeness (QED) is 0.211. The molecule has 0 bridgehead atoms. The number of hydrogen-bond acceptors (Lipinski definition) is 6. The first-order valence-corrected chi connectivity index (χ1v) is 14.7. The second-order valence-electron chi connectivity index (χ2n) is 10.4. The van der Waals surface area contributed by atoms with Gasteiger partial charge in [-0.05, 0) is 72.9 Å². The lowest BCUT2D eigenvalue weighted by atomic mass is 9.78. The zero-order chi connectivity index (χ0) is 26.5. The Kier molecular flexibility index (Phi) is 8.38. The van der Waals surface area contributed by atoms with E-state index in [9.17, 15) is 4.79 Å². The number of carbonyl (C=O) groups is 1. The van der Waals surface area contributed by atoms with E-state index in [2.05, 4.69) is 58.6 Å². The molecule has 2 aromatic carbocycles. The van der Waals surface area contributed by atoms with Gasteiger partial charge in [-0.2, -0.15) is 0 Å². The number of hydrogen-bond donors (Lipinski definition) is 1. The number of ketones is 1. The molecule has 0 radical (unpaired) electrons. The molecule has 1 aliphatic rings. The fourth-order valence-corrected chi connectivity index (χ4v) is 7.02. The molecule has 6 heteroatoms. The van der Waals surface area contributed by atoms with E-state index < -0.39 is 0 Å². The molecule has 2 aromatic heterocycles. The molecule has 1 saturated carbocycles. The number of carbonyl (C=O) groups excluding carboxylic acids is 1. The summed E-state index contributed by atoms with van der Waals surface area (Å²) in [6.07, 6.45) is 11.6. The number of nitrogens with zero attached hydrogens (tertiary/aromatic N) is 2. The number of Topliss-reactive ketones (excluding diaryl/α,β-unsaturated/α-hetero) is 1. The third-order valence-corrected chi connectivity index (χ3v) is 9.10. The molecular weight excluding hydrogens is 490 g/mol. The van der Waals surface area contributed by atoms with Crippen LogP contribution in [0.4, 0.5) is 5.95 Å². The second-order valence-corrected chi connectivity index (χ2v) is 11.4. The Hall–Kier alpha value is -3.25. The van der Waals surface area contributed by atoms with Gasteiger partial charge in [0.2, 0.25) is 5.95 Å². The largest absolute Gasteiger partial charge is 0.494 e. The SMILES string of the molecule is CCOc1ccc(-c2cnc(NC)nc2)cc1C[C@H](CC1CCCCC1)C(=O)c1sc2ccccc2c1C. The van der Waals surface area contributed by atoms with Crippen LogP contribution in [0.3, 0.4) is 0 Å². The van der Waals surface area contributed by atoms with Crippen molar-refractivity contribution in [3.8, 4) is 16.9 Å². The fourth-order valence-electron chi connectivity index (χ4n) is 5.79. The minimum Gasteiger partial charge on any atom is -0.494 e. The van der Waals surface area contributed by atoms with E-state index in [4.69, 9.17) is 4.74 Å². The summed E-state index contributed by atoms with van der Waals surface area (Å²) in [6, 6.07) is 14.6. The van der Waals surface area contributed by atoms with Crippen molar-refractivity contribution < 1.29 is 9.53 Å². The maximum atomic E-state index is 14.3. The van der Waals surface area contributed by atoms with E-state index >= 15 is 0 Å². The van der Waals surface area contributed by atoms with Gasteiger partial charge in [-0.3, -0.25) is 4.79 Å². The van der Waals surface area contributed by atoms with Crippen LogP contribution in [-0.4, -0.2) is 29.4 Å². The van der Waals surface area contributed by atoms with E-state index in [0.717, 1.165) is 39.3 Å². The minimum absolute atomic E-state index is 0.0813. The number of rotatable bonds is 10. The summed E-state index contributed by atoms with van der Waals surface area (Å²) < 4.78 is 7.25. The maximum Gasteiger partial charge on any atom is 0.222 e. The molecule has 1 fully saturated rings. The molecule has 38 heavy (non-hydrogen) atoms. The summed E-state index contributed by atoms with van der Waals surface area (Å²) in [5.41, 5.74) is 4.18. The van der Waals surface area contributed by atoms with Gasteiger partial charge in [0.25, 0.3) is 0 Å². The van der Waals surface area contributed by atoms with E-state index in [1.165, 1.54) is 42.2 Å². The standard InChI is InChI=1S/C32H37N3O2S/c1-4-37-28-15-14-23(26-19-34-32(33-3)35-20-26)17-24(28)18-25(16-22-10-6-5-7-11-22)30(36)31-21(2)27-12-8-9-13-29(27)38-31/h8-9,12-15,17,19-20,22,25H,4-7,10-11,16,18H2,1-3H3,(H,33,34,35)/t25-/m0/s1. The van der Waals surface area contributed by atoms with Crippen molar-refractivity contribution in [1.29, 1.82) is 0 Å². The highest BCUT2D eigenvalue weighted by atomic mass is 32.1. The molecular formula is C32H37N3O2S. The molecule has 1 N–H and O–H groups in total. The van der Waals surface area contributed by atoms with Crippen LogP contribution in [-0.2, 0) is 6.42 Å². The number of ether oxygens (including phenoxy) is 1. The third-order valence-electron chi connectivity index (χ3n) is 7.82. The summed E-state index contributed by atoms with van der Waals surface area (Å²) in [5.74, 6) is 2.26. The van der Waals surface area contributed by atoms with E-state index in [1.54, 1.807) is 11.3 Å². The maximum absolute atomic E-state index is 14.3. The number of aryl methyl sites for hydroxylation is 1. The zero-order valence-electron chi connectivity index (χ0n) is 22.6. The highest BCUT2D eigenvalue weighted by Crippen LogP contribution is 2.38. The van der Waals surface area contributed by atoms with Gasteiger partial charge in [-0.1, -0.05) is 56.4 Å². The molecule has 0 saturated heterocycles.